The number of nitrogens with one attached hydrogen (secondary N) is 1. The lowest BCUT2D eigenvalue weighted by atomic mass is 10.2. The summed E-state index contributed by atoms with van der Waals surface area (Å²) in [5, 5.41) is 0. The third kappa shape index (κ3) is 4.19. The van der Waals surface area contributed by atoms with Gasteiger partial charge >= 0.3 is 5.97 Å². The SMILES string of the molecule is CCOC(=O)c1ccc(S(=O)(=O)NCCc2ccco2)cc1. The molecule has 0 bridgehead atoms. The van der Waals surface area contributed by atoms with E-state index in [1.807, 2.05) is 0 Å². The highest BCUT2D eigenvalue weighted by Gasteiger charge is 2.15. The molecular formula is C15H17NO5S. The fourth-order valence-corrected chi connectivity index (χ4v) is 2.86. The van der Waals surface area contributed by atoms with Crippen molar-refractivity contribution in [2.75, 3.05) is 13.2 Å². The lowest BCUT2D eigenvalue weighted by Crippen LogP contribution is -2.26. The standard InChI is InChI=1S/C15H17NO5S/c1-2-20-15(17)12-5-7-14(8-6-12)22(18,19)16-10-9-13-4-3-11-21-13/h3-8,11,16H,2,9-10H2,1H3. The molecule has 0 atom stereocenters. The van der Waals surface area contributed by atoms with Crippen molar-refractivity contribution in [3.63, 3.8) is 0 Å². The molecule has 0 aliphatic rings. The highest BCUT2D eigenvalue weighted by Crippen LogP contribution is 2.11. The number of carbonyl (C=O) groups excluding carboxylic acids is 1. The van der Waals surface area contributed by atoms with Crippen LogP contribution in [0.1, 0.15) is 23.0 Å². The predicted octanol–water partition coefficient (Wildman–Crippen LogP) is 1.98. The first kappa shape index (κ1) is 16.3. The van der Waals surface area contributed by atoms with Crippen LogP contribution in [-0.4, -0.2) is 27.5 Å². The molecule has 0 amide bonds. The number of esters is 1. The Morgan fingerprint density at radius 1 is 1.23 bits per heavy atom. The average molecular weight is 323 g/mol. The van der Waals surface area contributed by atoms with E-state index in [1.165, 1.54) is 30.5 Å². The fourth-order valence-electron chi connectivity index (χ4n) is 1.83. The summed E-state index contributed by atoms with van der Waals surface area (Å²) in [6.45, 7) is 2.21. The summed E-state index contributed by atoms with van der Waals surface area (Å²) in [6.07, 6.45) is 2.01. The van der Waals surface area contributed by atoms with E-state index in [9.17, 15) is 13.2 Å². The van der Waals surface area contributed by atoms with Crippen molar-refractivity contribution in [2.45, 2.75) is 18.2 Å². The van der Waals surface area contributed by atoms with Gasteiger partial charge in [0.2, 0.25) is 10.0 Å². The molecule has 7 heteroatoms. The van der Waals surface area contributed by atoms with E-state index in [1.54, 1.807) is 19.1 Å². The highest BCUT2D eigenvalue weighted by atomic mass is 32.2. The molecule has 118 valence electrons. The zero-order chi connectivity index (χ0) is 16.0. The molecular weight excluding hydrogens is 306 g/mol. The third-order valence-electron chi connectivity index (χ3n) is 2.92. The van der Waals surface area contributed by atoms with Gasteiger partial charge in [-0.2, -0.15) is 0 Å². The van der Waals surface area contributed by atoms with Crippen LogP contribution in [-0.2, 0) is 21.2 Å². The molecule has 0 aliphatic heterocycles. The van der Waals surface area contributed by atoms with Crippen LogP contribution < -0.4 is 4.72 Å². The molecule has 0 fully saturated rings. The summed E-state index contributed by atoms with van der Waals surface area (Å²) in [5.74, 6) is 0.234. The van der Waals surface area contributed by atoms with Gasteiger partial charge in [0.05, 0.1) is 23.3 Å². The lowest BCUT2D eigenvalue weighted by molar-refractivity contribution is 0.0526. The van der Waals surface area contributed by atoms with E-state index in [4.69, 9.17) is 9.15 Å². The number of hydrogen-bond acceptors (Lipinski definition) is 5. The number of ether oxygens (including phenoxy) is 1. The van der Waals surface area contributed by atoms with Gasteiger partial charge in [-0.15, -0.1) is 0 Å². The quantitative estimate of drug-likeness (QED) is 0.787. The maximum Gasteiger partial charge on any atom is 0.338 e. The highest BCUT2D eigenvalue weighted by molar-refractivity contribution is 7.89. The van der Waals surface area contributed by atoms with E-state index >= 15 is 0 Å². The summed E-state index contributed by atoms with van der Waals surface area (Å²) >= 11 is 0. The summed E-state index contributed by atoms with van der Waals surface area (Å²) in [6, 6.07) is 9.14. The zero-order valence-corrected chi connectivity index (χ0v) is 12.9. The third-order valence-corrected chi connectivity index (χ3v) is 4.40. The smallest absolute Gasteiger partial charge is 0.338 e. The van der Waals surface area contributed by atoms with Gasteiger partial charge < -0.3 is 9.15 Å². The van der Waals surface area contributed by atoms with Crippen LogP contribution in [0.4, 0.5) is 0 Å². The van der Waals surface area contributed by atoms with Gasteiger partial charge in [0, 0.05) is 13.0 Å². The van der Waals surface area contributed by atoms with Crippen molar-refractivity contribution in [3.8, 4) is 0 Å². The topological polar surface area (TPSA) is 85.6 Å². The number of sulfonamides is 1. The Labute approximate surface area is 129 Å². The van der Waals surface area contributed by atoms with Crippen molar-refractivity contribution in [1.82, 2.24) is 4.72 Å². The van der Waals surface area contributed by atoms with Gasteiger partial charge in [-0.3, -0.25) is 0 Å². The van der Waals surface area contributed by atoms with Gasteiger partial charge in [0.15, 0.2) is 0 Å². The summed E-state index contributed by atoms with van der Waals surface area (Å²) in [4.78, 5) is 11.6. The number of rotatable bonds is 7. The Morgan fingerprint density at radius 2 is 1.95 bits per heavy atom. The molecule has 0 saturated carbocycles. The van der Waals surface area contributed by atoms with Crippen LogP contribution in [0, 0.1) is 0 Å². The minimum Gasteiger partial charge on any atom is -0.469 e. The predicted molar refractivity (Wildman–Crippen MR) is 80.0 cm³/mol. The normalized spacial score (nSPS) is 11.3. The molecule has 22 heavy (non-hydrogen) atoms. The fraction of sp³-hybridized carbons (Fsp3) is 0.267. The minimum atomic E-state index is -3.61. The van der Waals surface area contributed by atoms with Crippen molar-refractivity contribution < 1.29 is 22.4 Å². The molecule has 2 rings (SSSR count). The van der Waals surface area contributed by atoms with Gasteiger partial charge in [-0.25, -0.2) is 17.9 Å². The Kier molecular flexibility index (Phi) is 5.35. The second-order valence-electron chi connectivity index (χ2n) is 4.47. The first-order chi connectivity index (χ1) is 10.5. The Hall–Kier alpha value is -2.12. The van der Waals surface area contributed by atoms with Crippen LogP contribution in [0.3, 0.4) is 0 Å². The van der Waals surface area contributed by atoms with E-state index < -0.39 is 16.0 Å². The van der Waals surface area contributed by atoms with Crippen LogP contribution in [0.15, 0.2) is 52.0 Å². The average Bonchev–Trinajstić information content (AvgIpc) is 3.01. The summed E-state index contributed by atoms with van der Waals surface area (Å²) < 4.78 is 36.7. The molecule has 0 saturated heterocycles. The zero-order valence-electron chi connectivity index (χ0n) is 12.1. The van der Waals surface area contributed by atoms with Crippen molar-refractivity contribution in [3.05, 3.63) is 54.0 Å². The van der Waals surface area contributed by atoms with Crippen molar-refractivity contribution in [1.29, 1.82) is 0 Å². The molecule has 1 N–H and O–H groups in total. The van der Waals surface area contributed by atoms with Gasteiger partial charge in [0.25, 0.3) is 0 Å². The van der Waals surface area contributed by atoms with Gasteiger partial charge in [-0.1, -0.05) is 0 Å². The molecule has 6 nitrogen and oxygen atoms in total. The Morgan fingerprint density at radius 3 is 2.55 bits per heavy atom. The van der Waals surface area contributed by atoms with Crippen molar-refractivity contribution in [2.24, 2.45) is 0 Å². The first-order valence-corrected chi connectivity index (χ1v) is 8.30. The van der Waals surface area contributed by atoms with Gasteiger partial charge in [0.1, 0.15) is 5.76 Å². The summed E-state index contributed by atoms with van der Waals surface area (Å²) in [7, 11) is -3.61. The maximum absolute atomic E-state index is 12.1. The van der Waals surface area contributed by atoms with E-state index in [0.29, 0.717) is 17.7 Å². The largest absolute Gasteiger partial charge is 0.469 e. The monoisotopic (exact) mass is 323 g/mol. The minimum absolute atomic E-state index is 0.0972. The molecule has 1 aromatic carbocycles. The van der Waals surface area contributed by atoms with Gasteiger partial charge in [-0.05, 0) is 43.3 Å². The molecule has 0 aliphatic carbocycles. The maximum atomic E-state index is 12.1. The molecule has 0 unspecified atom stereocenters. The van der Waals surface area contributed by atoms with Crippen LogP contribution in [0.2, 0.25) is 0 Å². The Bertz CT molecular complexity index is 705. The molecule has 2 aromatic rings. The van der Waals surface area contributed by atoms with Crippen LogP contribution in [0.5, 0.6) is 0 Å². The number of carbonyl (C=O) groups is 1. The molecule has 1 heterocycles. The second kappa shape index (κ2) is 7.24. The Balaban J connectivity index is 1.98. The van der Waals surface area contributed by atoms with Crippen molar-refractivity contribution >= 4 is 16.0 Å². The van der Waals surface area contributed by atoms with Crippen LogP contribution in [0.25, 0.3) is 0 Å². The molecule has 0 radical (unpaired) electrons. The van der Waals surface area contributed by atoms with Crippen LogP contribution >= 0.6 is 0 Å². The summed E-state index contributed by atoms with van der Waals surface area (Å²) in [5.41, 5.74) is 0.316. The number of hydrogen-bond donors (Lipinski definition) is 1. The lowest BCUT2D eigenvalue weighted by Gasteiger charge is -2.07. The van der Waals surface area contributed by atoms with E-state index in [2.05, 4.69) is 4.72 Å². The first-order valence-electron chi connectivity index (χ1n) is 6.82. The number of furan rings is 1. The molecule has 1 aromatic heterocycles. The van der Waals surface area contributed by atoms with E-state index in [-0.39, 0.29) is 18.0 Å². The number of benzene rings is 1. The molecule has 0 spiro atoms. The van der Waals surface area contributed by atoms with E-state index in [0.717, 1.165) is 0 Å². The second-order valence-corrected chi connectivity index (χ2v) is 6.24.